The first-order valence-corrected chi connectivity index (χ1v) is 7.29. The number of nitrogens with one attached hydrogen (secondary N) is 1. The third kappa shape index (κ3) is 3.25. The molecule has 1 N–H and O–H groups in total. The second-order valence-electron chi connectivity index (χ2n) is 4.91. The van der Waals surface area contributed by atoms with Crippen LogP contribution in [-0.2, 0) is 13.0 Å². The first kappa shape index (κ1) is 14.7. The molecule has 0 saturated heterocycles. The summed E-state index contributed by atoms with van der Waals surface area (Å²) in [5, 5.41) is 7.76. The number of hydrogen-bond donors (Lipinski definition) is 1. The Morgan fingerprint density at radius 1 is 1.20 bits per heavy atom. The van der Waals surface area contributed by atoms with Crippen molar-refractivity contribution in [2.24, 2.45) is 0 Å². The summed E-state index contributed by atoms with van der Waals surface area (Å²) >= 11 is 0. The van der Waals surface area contributed by atoms with Crippen molar-refractivity contribution in [3.63, 3.8) is 0 Å². The third-order valence-electron chi connectivity index (χ3n) is 3.27. The van der Waals surface area contributed by atoms with Gasteiger partial charge < -0.3 is 5.32 Å². The Balaban J connectivity index is 2.31. The predicted octanol–water partition coefficient (Wildman–Crippen LogP) is 3.46. The minimum Gasteiger partial charge on any atom is -0.313 e. The molecule has 0 aliphatic heterocycles. The van der Waals surface area contributed by atoms with Crippen LogP contribution in [-0.4, -0.2) is 16.3 Å². The van der Waals surface area contributed by atoms with Gasteiger partial charge in [0.05, 0.1) is 6.20 Å². The molecule has 1 aromatic heterocycles. The van der Waals surface area contributed by atoms with Gasteiger partial charge in [0.15, 0.2) is 0 Å². The van der Waals surface area contributed by atoms with Crippen molar-refractivity contribution in [3.05, 3.63) is 47.5 Å². The molecule has 0 aliphatic carbocycles. The van der Waals surface area contributed by atoms with E-state index in [1.54, 1.807) is 16.8 Å². The summed E-state index contributed by atoms with van der Waals surface area (Å²) in [5.74, 6) is -0.235. The normalized spacial score (nSPS) is 10.9. The van der Waals surface area contributed by atoms with Gasteiger partial charge in [0.2, 0.25) is 0 Å². The highest BCUT2D eigenvalue weighted by molar-refractivity contribution is 5.36. The lowest BCUT2D eigenvalue weighted by molar-refractivity contribution is 0.604. The molecule has 108 valence electrons. The van der Waals surface area contributed by atoms with Gasteiger partial charge in [-0.05, 0) is 31.5 Å². The number of aromatic nitrogens is 2. The molecule has 2 aromatic rings. The van der Waals surface area contributed by atoms with E-state index in [0.29, 0.717) is 5.69 Å². The highest BCUT2D eigenvalue weighted by Gasteiger charge is 2.13. The van der Waals surface area contributed by atoms with Crippen molar-refractivity contribution in [1.29, 1.82) is 0 Å². The largest absolute Gasteiger partial charge is 0.313 e. The van der Waals surface area contributed by atoms with Gasteiger partial charge in [0.25, 0.3) is 0 Å². The SMILES string of the molecule is CCCNCc1cnn(-c2ccccc2F)c1CCC. The topological polar surface area (TPSA) is 29.9 Å². The Hall–Kier alpha value is -1.68. The summed E-state index contributed by atoms with van der Waals surface area (Å²) in [6.07, 6.45) is 4.86. The molecule has 3 nitrogen and oxygen atoms in total. The van der Waals surface area contributed by atoms with Crippen molar-refractivity contribution in [2.45, 2.75) is 39.7 Å². The minimum atomic E-state index is -0.235. The van der Waals surface area contributed by atoms with Gasteiger partial charge in [-0.1, -0.05) is 32.4 Å². The molecule has 1 aromatic carbocycles. The summed E-state index contributed by atoms with van der Waals surface area (Å²) < 4.78 is 15.7. The van der Waals surface area contributed by atoms with Gasteiger partial charge in [-0.2, -0.15) is 5.10 Å². The predicted molar refractivity (Wildman–Crippen MR) is 79.5 cm³/mol. The smallest absolute Gasteiger partial charge is 0.148 e. The second-order valence-corrected chi connectivity index (χ2v) is 4.91. The quantitative estimate of drug-likeness (QED) is 0.784. The lowest BCUT2D eigenvalue weighted by Gasteiger charge is -2.10. The van der Waals surface area contributed by atoms with Gasteiger partial charge in [0, 0.05) is 17.8 Å². The van der Waals surface area contributed by atoms with Crippen LogP contribution in [0.25, 0.3) is 5.69 Å². The maximum absolute atomic E-state index is 13.9. The van der Waals surface area contributed by atoms with Crippen LogP contribution >= 0.6 is 0 Å². The van der Waals surface area contributed by atoms with E-state index in [2.05, 4.69) is 24.3 Å². The fourth-order valence-corrected chi connectivity index (χ4v) is 2.29. The molecule has 2 rings (SSSR count). The molecule has 0 fully saturated rings. The summed E-state index contributed by atoms with van der Waals surface area (Å²) in [6, 6.07) is 6.78. The summed E-state index contributed by atoms with van der Waals surface area (Å²) in [5.41, 5.74) is 2.78. The Bertz CT molecular complexity index is 548. The van der Waals surface area contributed by atoms with Gasteiger partial charge in [-0.15, -0.1) is 0 Å². The fraction of sp³-hybridized carbons (Fsp3) is 0.438. The van der Waals surface area contributed by atoms with Crippen LogP contribution in [0.3, 0.4) is 0 Å². The number of para-hydroxylation sites is 1. The van der Waals surface area contributed by atoms with Crippen LogP contribution in [0.15, 0.2) is 30.5 Å². The highest BCUT2D eigenvalue weighted by Crippen LogP contribution is 2.19. The Morgan fingerprint density at radius 2 is 2.00 bits per heavy atom. The third-order valence-corrected chi connectivity index (χ3v) is 3.27. The maximum Gasteiger partial charge on any atom is 0.148 e. The summed E-state index contributed by atoms with van der Waals surface area (Å²) in [6.45, 7) is 6.04. The van der Waals surface area contributed by atoms with Gasteiger partial charge in [-0.25, -0.2) is 9.07 Å². The molecule has 0 bridgehead atoms. The van der Waals surface area contributed by atoms with E-state index in [9.17, 15) is 4.39 Å². The minimum absolute atomic E-state index is 0.235. The molecule has 0 spiro atoms. The number of rotatable bonds is 7. The average molecular weight is 275 g/mol. The van der Waals surface area contributed by atoms with Crippen molar-refractivity contribution in [1.82, 2.24) is 15.1 Å². The van der Waals surface area contributed by atoms with Gasteiger partial charge >= 0.3 is 0 Å². The number of nitrogens with zero attached hydrogens (tertiary/aromatic N) is 2. The molecule has 0 amide bonds. The molecule has 0 aliphatic rings. The molecule has 20 heavy (non-hydrogen) atoms. The molecular formula is C16H22FN3. The molecule has 0 saturated carbocycles. The monoisotopic (exact) mass is 275 g/mol. The first-order valence-electron chi connectivity index (χ1n) is 7.29. The zero-order valence-electron chi connectivity index (χ0n) is 12.2. The van der Waals surface area contributed by atoms with E-state index < -0.39 is 0 Å². The van der Waals surface area contributed by atoms with E-state index >= 15 is 0 Å². The Kier molecular flexibility index (Phi) is 5.30. The van der Waals surface area contributed by atoms with E-state index in [-0.39, 0.29) is 5.82 Å². The van der Waals surface area contributed by atoms with Gasteiger partial charge in [-0.3, -0.25) is 0 Å². The van der Waals surface area contributed by atoms with E-state index in [1.165, 1.54) is 6.07 Å². The zero-order chi connectivity index (χ0) is 14.4. The van der Waals surface area contributed by atoms with Crippen LogP contribution in [0.4, 0.5) is 4.39 Å². The molecular weight excluding hydrogens is 253 g/mol. The summed E-state index contributed by atoms with van der Waals surface area (Å²) in [4.78, 5) is 0. The van der Waals surface area contributed by atoms with Crippen molar-refractivity contribution >= 4 is 0 Å². The van der Waals surface area contributed by atoms with Crippen molar-refractivity contribution in [3.8, 4) is 5.69 Å². The lowest BCUT2D eigenvalue weighted by atomic mass is 10.1. The molecule has 0 atom stereocenters. The van der Waals surface area contributed by atoms with E-state index in [4.69, 9.17) is 0 Å². The number of halogens is 1. The van der Waals surface area contributed by atoms with E-state index in [1.807, 2.05) is 12.3 Å². The zero-order valence-corrected chi connectivity index (χ0v) is 12.2. The Labute approximate surface area is 119 Å². The van der Waals surface area contributed by atoms with E-state index in [0.717, 1.165) is 43.6 Å². The first-order chi connectivity index (χ1) is 9.77. The maximum atomic E-state index is 13.9. The standard InChI is InChI=1S/C16H22FN3/c1-3-7-15-13(11-18-10-4-2)12-19-20(15)16-9-6-5-8-14(16)17/h5-6,8-9,12,18H,3-4,7,10-11H2,1-2H3. The Morgan fingerprint density at radius 3 is 2.70 bits per heavy atom. The molecule has 1 heterocycles. The number of benzene rings is 1. The fourth-order valence-electron chi connectivity index (χ4n) is 2.29. The lowest BCUT2D eigenvalue weighted by Crippen LogP contribution is -2.15. The molecule has 4 heteroatoms. The van der Waals surface area contributed by atoms with Crippen LogP contribution in [0.5, 0.6) is 0 Å². The van der Waals surface area contributed by atoms with Crippen molar-refractivity contribution < 1.29 is 4.39 Å². The van der Waals surface area contributed by atoms with Crippen LogP contribution in [0.2, 0.25) is 0 Å². The highest BCUT2D eigenvalue weighted by atomic mass is 19.1. The van der Waals surface area contributed by atoms with Gasteiger partial charge in [0.1, 0.15) is 11.5 Å². The van der Waals surface area contributed by atoms with Crippen molar-refractivity contribution in [2.75, 3.05) is 6.54 Å². The summed E-state index contributed by atoms with van der Waals surface area (Å²) in [7, 11) is 0. The van der Waals surface area contributed by atoms with Crippen LogP contribution in [0.1, 0.15) is 37.9 Å². The van der Waals surface area contributed by atoms with Crippen LogP contribution < -0.4 is 5.32 Å². The molecule has 0 unspecified atom stereocenters. The second kappa shape index (κ2) is 7.20. The molecule has 0 radical (unpaired) electrons. The average Bonchev–Trinajstić information content (AvgIpc) is 2.83. The van der Waals surface area contributed by atoms with Crippen LogP contribution in [0, 0.1) is 5.82 Å². The number of hydrogen-bond acceptors (Lipinski definition) is 2.